The Balaban J connectivity index is 2.05. The molecule has 0 saturated carbocycles. The van der Waals surface area contributed by atoms with Crippen LogP contribution in [0.3, 0.4) is 0 Å². The van der Waals surface area contributed by atoms with Crippen LogP contribution in [0.25, 0.3) is 0 Å². The van der Waals surface area contributed by atoms with Crippen molar-refractivity contribution in [2.24, 2.45) is 0 Å². The Labute approximate surface area is 134 Å². The number of nitrogens with one attached hydrogen (secondary N) is 1. The van der Waals surface area contributed by atoms with Gasteiger partial charge in [0.25, 0.3) is 0 Å². The van der Waals surface area contributed by atoms with Crippen LogP contribution in [0.2, 0.25) is 0 Å². The fourth-order valence-corrected chi connectivity index (χ4v) is 3.32. The third-order valence-electron chi connectivity index (χ3n) is 3.71. The molecule has 2 unspecified atom stereocenters. The van der Waals surface area contributed by atoms with Gasteiger partial charge in [-0.3, -0.25) is 0 Å². The molecule has 1 aliphatic rings. The summed E-state index contributed by atoms with van der Waals surface area (Å²) in [6.07, 6.45) is -6.57. The molecular formula is C14H21NO7S. The molecule has 1 heterocycles. The predicted molar refractivity (Wildman–Crippen MR) is 80.1 cm³/mol. The molecule has 1 aromatic rings. The highest BCUT2D eigenvalue weighted by Crippen LogP contribution is 2.21. The molecule has 9 heteroatoms. The van der Waals surface area contributed by atoms with E-state index in [1.165, 1.54) is 19.2 Å². The fraction of sp³-hybridized carbons (Fsp3) is 0.571. The Hall–Kier alpha value is -1.07. The smallest absolute Gasteiger partial charge is 0.240 e. The van der Waals surface area contributed by atoms with Gasteiger partial charge in [-0.15, -0.1) is 0 Å². The number of rotatable bonds is 5. The van der Waals surface area contributed by atoms with Crippen molar-refractivity contribution in [3.63, 3.8) is 0 Å². The molecule has 0 aromatic heterocycles. The Kier molecular flexibility index (Phi) is 5.74. The summed E-state index contributed by atoms with van der Waals surface area (Å²) in [5, 5.41) is 29.3. The summed E-state index contributed by atoms with van der Waals surface area (Å²) in [6, 6.07) is 6.27. The molecule has 1 fully saturated rings. The maximum atomic E-state index is 12.2. The average molecular weight is 347 g/mol. The van der Waals surface area contributed by atoms with Gasteiger partial charge in [-0.1, -0.05) is 17.7 Å². The maximum absolute atomic E-state index is 12.2. The van der Waals surface area contributed by atoms with Gasteiger partial charge in [-0.2, -0.15) is 0 Å². The highest BCUT2D eigenvalue weighted by Gasteiger charge is 2.44. The van der Waals surface area contributed by atoms with E-state index in [4.69, 9.17) is 9.47 Å². The van der Waals surface area contributed by atoms with Crippen molar-refractivity contribution in [3.05, 3.63) is 29.8 Å². The van der Waals surface area contributed by atoms with E-state index in [0.717, 1.165) is 5.56 Å². The Morgan fingerprint density at radius 2 is 1.74 bits per heavy atom. The lowest BCUT2D eigenvalue weighted by molar-refractivity contribution is -0.287. The zero-order valence-electron chi connectivity index (χ0n) is 12.8. The van der Waals surface area contributed by atoms with Crippen molar-refractivity contribution in [1.82, 2.24) is 4.72 Å². The van der Waals surface area contributed by atoms with Gasteiger partial charge in [0, 0.05) is 13.7 Å². The summed E-state index contributed by atoms with van der Waals surface area (Å²) in [5.41, 5.74) is 0.926. The molecule has 1 aliphatic heterocycles. The molecule has 130 valence electrons. The van der Waals surface area contributed by atoms with Crippen molar-refractivity contribution < 1.29 is 33.2 Å². The quantitative estimate of drug-likeness (QED) is 0.523. The van der Waals surface area contributed by atoms with Crippen LogP contribution in [-0.2, 0) is 19.5 Å². The molecule has 0 radical (unpaired) electrons. The first-order valence-electron chi connectivity index (χ1n) is 7.05. The van der Waals surface area contributed by atoms with Crippen molar-refractivity contribution in [2.45, 2.75) is 42.5 Å². The van der Waals surface area contributed by atoms with Gasteiger partial charge in [0.2, 0.25) is 10.0 Å². The van der Waals surface area contributed by atoms with Crippen LogP contribution < -0.4 is 4.72 Å². The van der Waals surface area contributed by atoms with Gasteiger partial charge in [0.1, 0.15) is 24.4 Å². The van der Waals surface area contributed by atoms with Gasteiger partial charge >= 0.3 is 0 Å². The molecule has 0 bridgehead atoms. The van der Waals surface area contributed by atoms with Gasteiger partial charge in [0.15, 0.2) is 6.29 Å². The third-order valence-corrected chi connectivity index (χ3v) is 5.15. The predicted octanol–water partition coefficient (Wildman–Crippen LogP) is -1.27. The lowest BCUT2D eigenvalue weighted by atomic mass is 9.99. The second-order valence-corrected chi connectivity index (χ2v) is 7.18. The molecule has 5 atom stereocenters. The van der Waals surface area contributed by atoms with Gasteiger partial charge in [-0.25, -0.2) is 13.1 Å². The number of sulfonamides is 1. The van der Waals surface area contributed by atoms with Crippen LogP contribution in [-0.4, -0.2) is 68.1 Å². The van der Waals surface area contributed by atoms with Crippen molar-refractivity contribution >= 4 is 10.0 Å². The highest BCUT2D eigenvalue weighted by atomic mass is 32.2. The molecule has 23 heavy (non-hydrogen) atoms. The summed E-state index contributed by atoms with van der Waals surface area (Å²) < 4.78 is 36.8. The number of aliphatic hydroxyl groups is 3. The Bertz CT molecular complexity index is 617. The fourth-order valence-electron chi connectivity index (χ4n) is 2.27. The number of aryl methyl sites for hydroxylation is 1. The van der Waals surface area contributed by atoms with Crippen LogP contribution in [0.4, 0.5) is 0 Å². The minimum atomic E-state index is -3.78. The first-order chi connectivity index (χ1) is 10.8. The molecule has 0 aliphatic carbocycles. The zero-order valence-corrected chi connectivity index (χ0v) is 13.6. The molecule has 0 amide bonds. The lowest BCUT2D eigenvalue weighted by Crippen LogP contribution is -2.60. The number of methoxy groups -OCH3 is 1. The highest BCUT2D eigenvalue weighted by molar-refractivity contribution is 7.89. The second-order valence-electron chi connectivity index (χ2n) is 5.42. The molecule has 8 nitrogen and oxygen atoms in total. The molecule has 2 rings (SSSR count). The number of hydrogen-bond donors (Lipinski definition) is 4. The van der Waals surface area contributed by atoms with Crippen molar-refractivity contribution in [2.75, 3.05) is 13.7 Å². The van der Waals surface area contributed by atoms with Crippen LogP contribution >= 0.6 is 0 Å². The Morgan fingerprint density at radius 3 is 2.30 bits per heavy atom. The third kappa shape index (κ3) is 4.07. The minimum absolute atomic E-state index is 0.0808. The number of benzene rings is 1. The molecular weight excluding hydrogens is 326 g/mol. The number of aliphatic hydroxyl groups excluding tert-OH is 3. The van der Waals surface area contributed by atoms with E-state index in [1.54, 1.807) is 12.1 Å². The van der Waals surface area contributed by atoms with Gasteiger partial charge in [-0.05, 0) is 19.1 Å². The number of hydrogen-bond acceptors (Lipinski definition) is 7. The monoisotopic (exact) mass is 347 g/mol. The van der Waals surface area contributed by atoms with Gasteiger partial charge in [0.05, 0.1) is 4.90 Å². The number of ether oxygens (including phenoxy) is 2. The molecule has 4 N–H and O–H groups in total. The summed E-state index contributed by atoms with van der Waals surface area (Å²) in [7, 11) is -2.51. The minimum Gasteiger partial charge on any atom is -0.388 e. The SMILES string of the molecule is COC1O[C@H](CNS(=O)(=O)c2ccc(C)cc2)[C@@H](O)C(O)[C@@H]1O. The van der Waals surface area contributed by atoms with Crippen molar-refractivity contribution in [1.29, 1.82) is 0 Å². The van der Waals surface area contributed by atoms with E-state index in [-0.39, 0.29) is 11.4 Å². The van der Waals surface area contributed by atoms with E-state index in [9.17, 15) is 23.7 Å². The normalized spacial score (nSPS) is 32.0. The summed E-state index contributed by atoms with van der Waals surface area (Å²) >= 11 is 0. The standard InChI is InChI=1S/C14H21NO7S/c1-8-3-5-9(6-4-8)23(19,20)15-7-10-11(16)12(17)13(18)14(21-2)22-10/h3-6,10-18H,7H2,1-2H3/t10-,11-,12?,13+,14?/m1/s1. The summed E-state index contributed by atoms with van der Waals surface area (Å²) in [5.74, 6) is 0. The van der Waals surface area contributed by atoms with E-state index in [1.807, 2.05) is 6.92 Å². The van der Waals surface area contributed by atoms with E-state index in [2.05, 4.69) is 4.72 Å². The topological polar surface area (TPSA) is 125 Å². The molecule has 1 aromatic carbocycles. The van der Waals surface area contributed by atoms with E-state index < -0.39 is 40.7 Å². The summed E-state index contributed by atoms with van der Waals surface area (Å²) in [6.45, 7) is 1.56. The van der Waals surface area contributed by atoms with Crippen LogP contribution in [0.5, 0.6) is 0 Å². The largest absolute Gasteiger partial charge is 0.388 e. The van der Waals surface area contributed by atoms with E-state index in [0.29, 0.717) is 0 Å². The lowest BCUT2D eigenvalue weighted by Gasteiger charge is -2.39. The maximum Gasteiger partial charge on any atom is 0.240 e. The molecule has 0 spiro atoms. The zero-order chi connectivity index (χ0) is 17.2. The first kappa shape index (κ1) is 18.3. The second kappa shape index (κ2) is 7.22. The first-order valence-corrected chi connectivity index (χ1v) is 8.53. The van der Waals surface area contributed by atoms with Gasteiger partial charge < -0.3 is 24.8 Å². The van der Waals surface area contributed by atoms with E-state index >= 15 is 0 Å². The molecule has 1 saturated heterocycles. The summed E-state index contributed by atoms with van der Waals surface area (Å²) in [4.78, 5) is 0.0808. The van der Waals surface area contributed by atoms with Crippen LogP contribution in [0.1, 0.15) is 5.56 Å². The van der Waals surface area contributed by atoms with Crippen molar-refractivity contribution in [3.8, 4) is 0 Å². The van der Waals surface area contributed by atoms with Crippen LogP contribution in [0.15, 0.2) is 29.2 Å². The average Bonchev–Trinajstić information content (AvgIpc) is 2.52. The Morgan fingerprint density at radius 1 is 1.13 bits per heavy atom. The van der Waals surface area contributed by atoms with Crippen LogP contribution in [0, 0.1) is 6.92 Å².